The van der Waals surface area contributed by atoms with E-state index in [9.17, 15) is 9.59 Å². The SMILES string of the molecule is CCOC(=O)c1cccc(NC(=O)COc2ccc3c(c2)CCC3)c1. The number of fused-ring (bicyclic) bond motifs is 1. The van der Waals surface area contributed by atoms with Crippen molar-refractivity contribution in [3.05, 3.63) is 59.2 Å². The Morgan fingerprint density at radius 3 is 2.76 bits per heavy atom. The predicted octanol–water partition coefficient (Wildman–Crippen LogP) is 3.37. The normalized spacial score (nSPS) is 12.4. The summed E-state index contributed by atoms with van der Waals surface area (Å²) in [5.41, 5.74) is 3.61. The molecule has 1 aliphatic rings. The van der Waals surface area contributed by atoms with Crippen molar-refractivity contribution in [1.29, 1.82) is 0 Å². The van der Waals surface area contributed by atoms with Crippen LogP contribution in [0.3, 0.4) is 0 Å². The van der Waals surface area contributed by atoms with Gasteiger partial charge in [0.15, 0.2) is 6.61 Å². The van der Waals surface area contributed by atoms with Crippen LogP contribution in [-0.4, -0.2) is 25.1 Å². The second-order valence-corrected chi connectivity index (χ2v) is 5.92. The lowest BCUT2D eigenvalue weighted by Gasteiger charge is -2.10. The molecule has 5 heteroatoms. The zero-order valence-corrected chi connectivity index (χ0v) is 14.2. The molecule has 2 aromatic carbocycles. The maximum Gasteiger partial charge on any atom is 0.338 e. The van der Waals surface area contributed by atoms with Crippen molar-refractivity contribution in [1.82, 2.24) is 0 Å². The number of amides is 1. The van der Waals surface area contributed by atoms with Crippen molar-refractivity contribution >= 4 is 17.6 Å². The number of anilines is 1. The van der Waals surface area contributed by atoms with Crippen LogP contribution in [0, 0.1) is 0 Å². The Labute approximate surface area is 147 Å². The molecular weight excluding hydrogens is 318 g/mol. The molecule has 5 nitrogen and oxygen atoms in total. The first-order valence-corrected chi connectivity index (χ1v) is 8.47. The Bertz CT molecular complexity index is 785. The molecular formula is C20H21NO4. The summed E-state index contributed by atoms with van der Waals surface area (Å²) in [7, 11) is 0. The van der Waals surface area contributed by atoms with E-state index < -0.39 is 5.97 Å². The molecule has 1 amide bonds. The number of hydrogen-bond acceptors (Lipinski definition) is 4. The molecule has 0 saturated heterocycles. The van der Waals surface area contributed by atoms with Crippen LogP contribution in [0.5, 0.6) is 5.75 Å². The molecule has 0 aliphatic heterocycles. The van der Waals surface area contributed by atoms with Crippen LogP contribution in [0.4, 0.5) is 5.69 Å². The minimum absolute atomic E-state index is 0.0809. The minimum Gasteiger partial charge on any atom is -0.484 e. The first-order chi connectivity index (χ1) is 12.2. The van der Waals surface area contributed by atoms with E-state index >= 15 is 0 Å². The quantitative estimate of drug-likeness (QED) is 0.820. The van der Waals surface area contributed by atoms with Crippen LogP contribution in [-0.2, 0) is 22.4 Å². The highest BCUT2D eigenvalue weighted by molar-refractivity contribution is 5.95. The molecule has 2 aromatic rings. The van der Waals surface area contributed by atoms with Crippen LogP contribution in [0.1, 0.15) is 34.8 Å². The monoisotopic (exact) mass is 339 g/mol. The summed E-state index contributed by atoms with van der Waals surface area (Å²) in [5.74, 6) is 0.0190. The average Bonchev–Trinajstić information content (AvgIpc) is 3.08. The summed E-state index contributed by atoms with van der Waals surface area (Å²) in [4.78, 5) is 23.8. The van der Waals surface area contributed by atoms with Gasteiger partial charge in [-0.15, -0.1) is 0 Å². The van der Waals surface area contributed by atoms with Crippen molar-refractivity contribution < 1.29 is 19.1 Å². The zero-order chi connectivity index (χ0) is 17.6. The van der Waals surface area contributed by atoms with Crippen LogP contribution in [0.15, 0.2) is 42.5 Å². The Morgan fingerprint density at radius 2 is 1.92 bits per heavy atom. The lowest BCUT2D eigenvalue weighted by molar-refractivity contribution is -0.118. The summed E-state index contributed by atoms with van der Waals surface area (Å²) in [6, 6.07) is 12.6. The molecule has 130 valence electrons. The van der Waals surface area contributed by atoms with Crippen molar-refractivity contribution in [2.75, 3.05) is 18.5 Å². The zero-order valence-electron chi connectivity index (χ0n) is 14.2. The van der Waals surface area contributed by atoms with E-state index in [1.807, 2.05) is 12.1 Å². The van der Waals surface area contributed by atoms with Gasteiger partial charge in [0.1, 0.15) is 5.75 Å². The predicted molar refractivity (Wildman–Crippen MR) is 95.0 cm³/mol. The third-order valence-electron chi connectivity index (χ3n) is 4.10. The second-order valence-electron chi connectivity index (χ2n) is 5.92. The maximum atomic E-state index is 12.1. The number of aryl methyl sites for hydroxylation is 2. The topological polar surface area (TPSA) is 64.6 Å². The van der Waals surface area contributed by atoms with Gasteiger partial charge in [0.25, 0.3) is 5.91 Å². The molecule has 0 spiro atoms. The first-order valence-electron chi connectivity index (χ1n) is 8.47. The highest BCUT2D eigenvalue weighted by Crippen LogP contribution is 2.26. The molecule has 0 bridgehead atoms. The van der Waals surface area contributed by atoms with Gasteiger partial charge in [0.05, 0.1) is 12.2 Å². The molecule has 0 atom stereocenters. The molecule has 1 aliphatic carbocycles. The van der Waals surface area contributed by atoms with E-state index in [4.69, 9.17) is 9.47 Å². The molecule has 1 N–H and O–H groups in total. The van der Waals surface area contributed by atoms with E-state index in [1.165, 1.54) is 17.5 Å². The van der Waals surface area contributed by atoms with E-state index in [-0.39, 0.29) is 12.5 Å². The molecule has 0 aromatic heterocycles. The van der Waals surface area contributed by atoms with Crippen LogP contribution >= 0.6 is 0 Å². The van der Waals surface area contributed by atoms with Gasteiger partial charge in [-0.2, -0.15) is 0 Å². The van der Waals surface area contributed by atoms with Crippen molar-refractivity contribution in [2.45, 2.75) is 26.2 Å². The smallest absolute Gasteiger partial charge is 0.338 e. The Kier molecular flexibility index (Phi) is 5.33. The van der Waals surface area contributed by atoms with E-state index in [1.54, 1.807) is 31.2 Å². The van der Waals surface area contributed by atoms with Gasteiger partial charge in [0.2, 0.25) is 0 Å². The fraction of sp³-hybridized carbons (Fsp3) is 0.300. The molecule has 0 fully saturated rings. The number of carbonyl (C=O) groups is 2. The van der Waals surface area contributed by atoms with Gasteiger partial charge < -0.3 is 14.8 Å². The average molecular weight is 339 g/mol. The van der Waals surface area contributed by atoms with Gasteiger partial charge in [-0.25, -0.2) is 4.79 Å². The van der Waals surface area contributed by atoms with Gasteiger partial charge in [-0.3, -0.25) is 4.79 Å². The lowest BCUT2D eigenvalue weighted by Crippen LogP contribution is -2.20. The molecule has 25 heavy (non-hydrogen) atoms. The number of ether oxygens (including phenoxy) is 2. The minimum atomic E-state index is -0.409. The third-order valence-corrected chi connectivity index (χ3v) is 4.10. The fourth-order valence-corrected chi connectivity index (χ4v) is 2.92. The van der Waals surface area contributed by atoms with E-state index in [0.29, 0.717) is 23.6 Å². The van der Waals surface area contributed by atoms with Crippen LogP contribution < -0.4 is 10.1 Å². The van der Waals surface area contributed by atoms with Gasteiger partial charge in [0, 0.05) is 5.69 Å². The standard InChI is InChI=1S/C20H21NO4/c1-2-24-20(23)16-7-4-8-17(11-16)21-19(22)13-25-18-10-9-14-5-3-6-15(14)12-18/h4,7-12H,2-3,5-6,13H2,1H3,(H,21,22). The van der Waals surface area contributed by atoms with E-state index in [0.717, 1.165) is 12.8 Å². The first kappa shape index (κ1) is 17.0. The number of esters is 1. The Hall–Kier alpha value is -2.82. The highest BCUT2D eigenvalue weighted by atomic mass is 16.5. The lowest BCUT2D eigenvalue weighted by atomic mass is 10.1. The molecule has 3 rings (SSSR count). The number of rotatable bonds is 6. The number of carbonyl (C=O) groups excluding carboxylic acids is 2. The largest absolute Gasteiger partial charge is 0.484 e. The van der Waals surface area contributed by atoms with Crippen molar-refractivity contribution in [3.8, 4) is 5.75 Å². The van der Waals surface area contributed by atoms with Crippen molar-refractivity contribution in [2.24, 2.45) is 0 Å². The molecule has 0 unspecified atom stereocenters. The summed E-state index contributed by atoms with van der Waals surface area (Å²) >= 11 is 0. The van der Waals surface area contributed by atoms with Gasteiger partial charge >= 0.3 is 5.97 Å². The van der Waals surface area contributed by atoms with Crippen LogP contribution in [0.25, 0.3) is 0 Å². The van der Waals surface area contributed by atoms with Gasteiger partial charge in [-0.05, 0) is 67.6 Å². The Balaban J connectivity index is 1.56. The summed E-state index contributed by atoms with van der Waals surface area (Å²) in [5, 5.41) is 2.73. The Morgan fingerprint density at radius 1 is 1.08 bits per heavy atom. The third kappa shape index (κ3) is 4.38. The summed E-state index contributed by atoms with van der Waals surface area (Å²) in [6.45, 7) is 1.98. The highest BCUT2D eigenvalue weighted by Gasteiger charge is 2.12. The molecule has 0 radical (unpaired) electrons. The van der Waals surface area contributed by atoms with Crippen molar-refractivity contribution in [3.63, 3.8) is 0 Å². The molecule has 0 saturated carbocycles. The second kappa shape index (κ2) is 7.83. The molecule has 0 heterocycles. The number of nitrogens with one attached hydrogen (secondary N) is 1. The van der Waals surface area contributed by atoms with E-state index in [2.05, 4.69) is 11.4 Å². The fourth-order valence-electron chi connectivity index (χ4n) is 2.92. The van der Waals surface area contributed by atoms with Crippen LogP contribution in [0.2, 0.25) is 0 Å². The summed E-state index contributed by atoms with van der Waals surface area (Å²) in [6.07, 6.45) is 3.36. The maximum absolute atomic E-state index is 12.1. The number of hydrogen-bond donors (Lipinski definition) is 1. The summed E-state index contributed by atoms with van der Waals surface area (Å²) < 4.78 is 10.5. The number of benzene rings is 2. The van der Waals surface area contributed by atoms with Gasteiger partial charge in [-0.1, -0.05) is 12.1 Å².